The number of aromatic nitrogens is 4. The van der Waals surface area contributed by atoms with Crippen LogP contribution in [0.5, 0.6) is 0 Å². The summed E-state index contributed by atoms with van der Waals surface area (Å²) in [6.45, 7) is -2.99. The molecule has 0 radical (unpaired) electrons. The summed E-state index contributed by atoms with van der Waals surface area (Å²) in [5.74, 6) is -0.0134. The molecule has 2 aromatic heterocycles. The van der Waals surface area contributed by atoms with Crippen molar-refractivity contribution in [2.24, 2.45) is 0 Å². The number of methoxy groups -OCH3 is 1. The third-order valence-electron chi connectivity index (χ3n) is 3.55. The molecule has 28 heavy (non-hydrogen) atoms. The number of thioether (sulfide) groups is 1. The lowest BCUT2D eigenvalue weighted by molar-refractivity contribution is -0.140. The lowest BCUT2D eigenvalue weighted by atomic mass is 10.2. The first-order valence-electron chi connectivity index (χ1n) is 7.63. The minimum absolute atomic E-state index is 0.00992. The van der Waals surface area contributed by atoms with Gasteiger partial charge in [-0.3, -0.25) is 4.79 Å². The Bertz CT molecular complexity index is 1010. The van der Waals surface area contributed by atoms with E-state index in [0.29, 0.717) is 26.7 Å². The van der Waals surface area contributed by atoms with Gasteiger partial charge in [0.25, 0.3) is 6.43 Å². The van der Waals surface area contributed by atoms with E-state index < -0.39 is 18.0 Å². The Morgan fingerprint density at radius 3 is 2.68 bits per heavy atom. The summed E-state index contributed by atoms with van der Waals surface area (Å²) in [6.07, 6.45) is -2.68. The maximum atomic E-state index is 13.4. The zero-order chi connectivity index (χ0) is 20.4. The number of nitrogens with zero attached hydrogens (tertiary/aromatic N) is 4. The number of esters is 1. The highest BCUT2D eigenvalue weighted by Gasteiger charge is 2.24. The molecule has 0 N–H and O–H groups in total. The van der Waals surface area contributed by atoms with Crippen LogP contribution in [0.25, 0.3) is 21.6 Å². The number of rotatable bonds is 7. The van der Waals surface area contributed by atoms with Crippen LogP contribution < -0.4 is 0 Å². The van der Waals surface area contributed by atoms with Crippen molar-refractivity contribution in [2.45, 2.75) is 24.3 Å². The van der Waals surface area contributed by atoms with Gasteiger partial charge < -0.3 is 4.74 Å². The van der Waals surface area contributed by atoms with Crippen LogP contribution >= 0.6 is 34.7 Å². The predicted octanol–water partition coefficient (Wildman–Crippen LogP) is 5.20. The topological polar surface area (TPSA) is 69.9 Å². The number of carbonyl (C=O) groups is 1. The number of halogens is 5. The maximum Gasteiger partial charge on any atom is 0.333 e. The smallest absolute Gasteiger partial charge is 0.333 e. The molecule has 0 bridgehead atoms. The Labute approximate surface area is 168 Å². The molecule has 0 aliphatic heterocycles. The average molecular weight is 455 g/mol. The van der Waals surface area contributed by atoms with Gasteiger partial charge in [0, 0.05) is 16.0 Å². The molecule has 0 aliphatic rings. The van der Waals surface area contributed by atoms with E-state index in [2.05, 4.69) is 20.0 Å². The summed E-state index contributed by atoms with van der Waals surface area (Å²) in [5, 5.41) is 10.5. The van der Waals surface area contributed by atoms with E-state index >= 15 is 0 Å². The monoisotopic (exact) mass is 454 g/mol. The van der Waals surface area contributed by atoms with E-state index in [0.717, 1.165) is 0 Å². The second-order valence-electron chi connectivity index (χ2n) is 5.29. The van der Waals surface area contributed by atoms with Crippen LogP contribution in [0, 0.1) is 0 Å². The van der Waals surface area contributed by atoms with E-state index in [1.807, 2.05) is 0 Å². The van der Waals surface area contributed by atoms with E-state index in [4.69, 9.17) is 11.6 Å². The van der Waals surface area contributed by atoms with Gasteiger partial charge in [-0.05, 0) is 12.1 Å². The minimum Gasteiger partial charge on any atom is -0.469 e. The average Bonchev–Trinajstić information content (AvgIpc) is 3.26. The second kappa shape index (κ2) is 8.62. The third kappa shape index (κ3) is 4.23. The molecular formula is C15H11ClF4N4O2S2. The molecule has 0 amide bonds. The molecule has 3 rings (SSSR count). The highest BCUT2D eigenvalue weighted by Crippen LogP contribution is 2.39. The van der Waals surface area contributed by atoms with Gasteiger partial charge in [-0.2, -0.15) is 13.9 Å². The van der Waals surface area contributed by atoms with Crippen LogP contribution in [0.15, 0.2) is 17.0 Å². The van der Waals surface area contributed by atoms with E-state index in [9.17, 15) is 22.4 Å². The summed E-state index contributed by atoms with van der Waals surface area (Å²) in [7, 11) is 1.27. The molecule has 0 atom stereocenters. The first-order chi connectivity index (χ1) is 13.3. The largest absolute Gasteiger partial charge is 0.469 e. The Kier molecular flexibility index (Phi) is 6.40. The molecule has 0 saturated carbocycles. The fraction of sp³-hybridized carbons (Fsp3) is 0.333. The van der Waals surface area contributed by atoms with Gasteiger partial charge >= 0.3 is 12.5 Å². The zero-order valence-electron chi connectivity index (χ0n) is 14.0. The quantitative estimate of drug-likeness (QED) is 0.278. The van der Waals surface area contributed by atoms with Gasteiger partial charge in [0.15, 0.2) is 10.0 Å². The molecule has 2 heterocycles. The molecule has 13 heteroatoms. The lowest BCUT2D eigenvalue weighted by Gasteiger charge is -2.06. The first-order valence-corrected chi connectivity index (χ1v) is 9.81. The van der Waals surface area contributed by atoms with Crippen LogP contribution in [0.2, 0.25) is 5.02 Å². The molecule has 0 fully saturated rings. The van der Waals surface area contributed by atoms with Crippen LogP contribution in [0.1, 0.15) is 24.4 Å². The highest BCUT2D eigenvalue weighted by atomic mass is 35.5. The number of ether oxygens (including phenoxy) is 1. The summed E-state index contributed by atoms with van der Waals surface area (Å²) < 4.78 is 57.4. The van der Waals surface area contributed by atoms with Crippen molar-refractivity contribution < 1.29 is 27.1 Å². The van der Waals surface area contributed by atoms with Gasteiger partial charge in [-0.1, -0.05) is 22.9 Å². The summed E-state index contributed by atoms with van der Waals surface area (Å²) in [4.78, 5) is 11.8. The van der Waals surface area contributed by atoms with Crippen LogP contribution in [-0.2, 0) is 9.53 Å². The Balaban J connectivity index is 2.05. The molecule has 0 aliphatic carbocycles. The Hall–Kier alpha value is -1.92. The Morgan fingerprint density at radius 2 is 2.07 bits per heavy atom. The molecule has 3 aromatic rings. The second-order valence-corrected chi connectivity index (χ2v) is 7.88. The third-order valence-corrected chi connectivity index (χ3v) is 5.75. The maximum absolute atomic E-state index is 13.4. The highest BCUT2D eigenvalue weighted by molar-refractivity contribution is 7.99. The van der Waals surface area contributed by atoms with Crippen LogP contribution in [-0.4, -0.2) is 38.8 Å². The minimum atomic E-state index is -2.99. The number of fused-ring (bicyclic) bond motifs is 1. The van der Waals surface area contributed by atoms with Crippen molar-refractivity contribution in [1.29, 1.82) is 0 Å². The molecule has 0 saturated heterocycles. The summed E-state index contributed by atoms with van der Waals surface area (Å²) >= 11 is 8.01. The molecular weight excluding hydrogens is 444 g/mol. The van der Waals surface area contributed by atoms with Gasteiger partial charge in [0.1, 0.15) is 5.69 Å². The summed E-state index contributed by atoms with van der Waals surface area (Å²) in [6, 6.07) is 3.02. The number of carbonyl (C=O) groups excluding carboxylic acids is 1. The van der Waals surface area contributed by atoms with Crippen molar-refractivity contribution in [3.63, 3.8) is 0 Å². The van der Waals surface area contributed by atoms with Crippen LogP contribution in [0.3, 0.4) is 0 Å². The summed E-state index contributed by atoms with van der Waals surface area (Å²) in [5.41, 5.74) is -0.0604. The fourth-order valence-electron chi connectivity index (χ4n) is 2.35. The van der Waals surface area contributed by atoms with Crippen molar-refractivity contribution in [2.75, 3.05) is 12.9 Å². The molecule has 6 nitrogen and oxygen atoms in total. The van der Waals surface area contributed by atoms with Gasteiger partial charge in [-0.25, -0.2) is 13.5 Å². The predicted molar refractivity (Wildman–Crippen MR) is 97.2 cm³/mol. The van der Waals surface area contributed by atoms with Gasteiger partial charge in [-0.15, -0.1) is 22.0 Å². The number of hydrogen-bond donors (Lipinski definition) is 0. The Morgan fingerprint density at radius 1 is 1.32 bits per heavy atom. The van der Waals surface area contributed by atoms with Crippen molar-refractivity contribution in [1.82, 2.24) is 20.0 Å². The van der Waals surface area contributed by atoms with E-state index in [1.54, 1.807) is 6.07 Å². The first kappa shape index (κ1) is 20.8. The number of alkyl halides is 4. The fourth-order valence-corrected chi connectivity index (χ4v) is 4.33. The molecule has 0 spiro atoms. The van der Waals surface area contributed by atoms with Gasteiger partial charge in [0.2, 0.25) is 0 Å². The van der Waals surface area contributed by atoms with E-state index in [-0.39, 0.29) is 39.0 Å². The van der Waals surface area contributed by atoms with E-state index in [1.165, 1.54) is 24.9 Å². The van der Waals surface area contributed by atoms with Gasteiger partial charge in [0.05, 0.1) is 24.1 Å². The lowest BCUT2D eigenvalue weighted by Crippen LogP contribution is -2.01. The zero-order valence-corrected chi connectivity index (χ0v) is 16.4. The normalized spacial score (nSPS) is 11.7. The van der Waals surface area contributed by atoms with Crippen molar-refractivity contribution in [3.05, 3.63) is 22.2 Å². The standard InChI is InChI=1S/C15H11ClF4N4O2S2/c1-26-9(25)2-3-27-6-4-7-10(13-21-22-14(28-13)12(17)18)23-24(15(19)20)11(7)8(16)5-6/h4-5,12,15H,2-3H2,1H3. The molecule has 150 valence electrons. The van der Waals surface area contributed by atoms with Crippen molar-refractivity contribution >= 4 is 51.6 Å². The van der Waals surface area contributed by atoms with Crippen LogP contribution in [0.4, 0.5) is 17.6 Å². The SMILES string of the molecule is COC(=O)CCSc1cc(Cl)c2c(c1)c(-c1nnc(C(F)F)s1)nn2C(F)F. The molecule has 1 aromatic carbocycles. The molecule has 0 unspecified atom stereocenters. The van der Waals surface area contributed by atoms with Crippen molar-refractivity contribution in [3.8, 4) is 10.7 Å². The number of benzene rings is 1. The number of hydrogen-bond acceptors (Lipinski definition) is 7.